The summed E-state index contributed by atoms with van der Waals surface area (Å²) in [5.41, 5.74) is 0.447. The van der Waals surface area contributed by atoms with Gasteiger partial charge in [-0.05, 0) is 37.8 Å². The number of hydrogen-bond donors (Lipinski definition) is 0. The second kappa shape index (κ2) is 5.71. The fourth-order valence-corrected chi connectivity index (χ4v) is 3.45. The first-order valence-electron chi connectivity index (χ1n) is 7.51. The second-order valence-electron chi connectivity index (χ2n) is 7.16. The van der Waals surface area contributed by atoms with Crippen molar-refractivity contribution in [3.8, 4) is 0 Å². The molecule has 2 fully saturated rings. The molecule has 0 amide bonds. The van der Waals surface area contributed by atoms with Gasteiger partial charge < -0.3 is 4.90 Å². The molecule has 0 N–H and O–H groups in total. The molecular weight excluding hydrogens is 208 g/mol. The molecule has 0 bridgehead atoms. The van der Waals surface area contributed by atoms with Crippen LogP contribution in [0.4, 0.5) is 0 Å². The van der Waals surface area contributed by atoms with E-state index in [1.807, 2.05) is 0 Å². The molecule has 2 heteroatoms. The van der Waals surface area contributed by atoms with Crippen LogP contribution in [0.1, 0.15) is 52.9 Å². The van der Waals surface area contributed by atoms with Crippen molar-refractivity contribution in [1.82, 2.24) is 9.80 Å². The van der Waals surface area contributed by atoms with Crippen molar-refractivity contribution in [2.75, 3.05) is 32.7 Å². The Balaban J connectivity index is 1.80. The average Bonchev–Trinajstić information content (AvgIpc) is 2.65. The van der Waals surface area contributed by atoms with Gasteiger partial charge >= 0.3 is 0 Å². The van der Waals surface area contributed by atoms with E-state index in [1.54, 1.807) is 0 Å². The van der Waals surface area contributed by atoms with E-state index in [9.17, 15) is 0 Å². The van der Waals surface area contributed by atoms with Gasteiger partial charge in [-0.25, -0.2) is 0 Å². The van der Waals surface area contributed by atoms with Crippen LogP contribution in [0.3, 0.4) is 0 Å². The van der Waals surface area contributed by atoms with Crippen LogP contribution in [0.2, 0.25) is 0 Å². The topological polar surface area (TPSA) is 6.48 Å². The van der Waals surface area contributed by atoms with Crippen LogP contribution in [0.25, 0.3) is 0 Å². The van der Waals surface area contributed by atoms with Gasteiger partial charge in [0.2, 0.25) is 0 Å². The molecule has 17 heavy (non-hydrogen) atoms. The minimum atomic E-state index is 0.447. The number of nitrogens with zero attached hydrogens (tertiary/aromatic N) is 2. The van der Waals surface area contributed by atoms with Crippen molar-refractivity contribution in [1.29, 1.82) is 0 Å². The summed E-state index contributed by atoms with van der Waals surface area (Å²) >= 11 is 0. The zero-order chi connectivity index (χ0) is 12.3. The van der Waals surface area contributed by atoms with Crippen molar-refractivity contribution in [2.45, 2.75) is 58.9 Å². The van der Waals surface area contributed by atoms with E-state index >= 15 is 0 Å². The van der Waals surface area contributed by atoms with Crippen molar-refractivity contribution in [3.05, 3.63) is 0 Å². The van der Waals surface area contributed by atoms with Gasteiger partial charge in [-0.3, -0.25) is 4.90 Å². The van der Waals surface area contributed by atoms with Crippen molar-refractivity contribution in [2.24, 2.45) is 5.41 Å². The Morgan fingerprint density at radius 2 is 1.59 bits per heavy atom. The van der Waals surface area contributed by atoms with Crippen LogP contribution in [-0.2, 0) is 0 Å². The van der Waals surface area contributed by atoms with E-state index in [0.29, 0.717) is 5.41 Å². The van der Waals surface area contributed by atoms with E-state index in [1.165, 1.54) is 64.8 Å². The van der Waals surface area contributed by atoms with Crippen LogP contribution in [0.15, 0.2) is 0 Å². The van der Waals surface area contributed by atoms with Crippen LogP contribution < -0.4 is 0 Å². The molecule has 2 rings (SSSR count). The highest BCUT2D eigenvalue weighted by molar-refractivity contribution is 4.81. The van der Waals surface area contributed by atoms with E-state index in [2.05, 4.69) is 30.6 Å². The zero-order valence-corrected chi connectivity index (χ0v) is 12.0. The van der Waals surface area contributed by atoms with Gasteiger partial charge in [-0.15, -0.1) is 0 Å². The summed E-state index contributed by atoms with van der Waals surface area (Å²) < 4.78 is 0. The quantitative estimate of drug-likeness (QED) is 0.730. The SMILES string of the molecule is CC(C)(C)CN1CCCN(C2CCCC2)CC1. The molecule has 100 valence electrons. The first-order chi connectivity index (χ1) is 8.04. The van der Waals surface area contributed by atoms with Crippen LogP contribution in [-0.4, -0.2) is 48.6 Å². The third kappa shape index (κ3) is 4.26. The molecule has 0 aromatic carbocycles. The number of rotatable bonds is 2. The maximum Gasteiger partial charge on any atom is 0.0112 e. The molecule has 0 unspecified atom stereocenters. The average molecular weight is 238 g/mol. The molecule has 1 aliphatic heterocycles. The fraction of sp³-hybridized carbons (Fsp3) is 1.00. The lowest BCUT2D eigenvalue weighted by Crippen LogP contribution is -2.38. The molecule has 1 aliphatic carbocycles. The lowest BCUT2D eigenvalue weighted by Gasteiger charge is -2.30. The molecule has 2 aliphatic rings. The Morgan fingerprint density at radius 3 is 2.24 bits per heavy atom. The minimum absolute atomic E-state index is 0.447. The van der Waals surface area contributed by atoms with Gasteiger partial charge in [0.15, 0.2) is 0 Å². The minimum Gasteiger partial charge on any atom is -0.301 e. The van der Waals surface area contributed by atoms with E-state index in [0.717, 1.165) is 6.04 Å². The normalized spacial score (nSPS) is 26.3. The molecule has 0 aromatic rings. The Labute approximate surface area is 107 Å². The Kier molecular flexibility index (Phi) is 4.48. The highest BCUT2D eigenvalue weighted by Crippen LogP contribution is 2.25. The number of hydrogen-bond acceptors (Lipinski definition) is 2. The zero-order valence-electron chi connectivity index (χ0n) is 12.0. The first-order valence-corrected chi connectivity index (χ1v) is 7.51. The predicted molar refractivity (Wildman–Crippen MR) is 74.3 cm³/mol. The van der Waals surface area contributed by atoms with Crippen molar-refractivity contribution >= 4 is 0 Å². The third-order valence-corrected chi connectivity index (χ3v) is 4.16. The summed E-state index contributed by atoms with van der Waals surface area (Å²) in [7, 11) is 0. The molecule has 1 saturated heterocycles. The van der Waals surface area contributed by atoms with Crippen LogP contribution in [0, 0.1) is 5.41 Å². The van der Waals surface area contributed by atoms with Crippen molar-refractivity contribution in [3.63, 3.8) is 0 Å². The summed E-state index contributed by atoms with van der Waals surface area (Å²) in [4.78, 5) is 5.45. The monoisotopic (exact) mass is 238 g/mol. The molecule has 2 nitrogen and oxygen atoms in total. The first kappa shape index (κ1) is 13.4. The molecule has 0 aromatic heterocycles. The molecule has 1 saturated carbocycles. The van der Waals surface area contributed by atoms with Gasteiger partial charge in [0.1, 0.15) is 0 Å². The van der Waals surface area contributed by atoms with Gasteiger partial charge in [0.05, 0.1) is 0 Å². The summed E-state index contributed by atoms with van der Waals surface area (Å²) in [6.45, 7) is 13.6. The molecule has 1 heterocycles. The maximum absolute atomic E-state index is 2.77. The Morgan fingerprint density at radius 1 is 0.882 bits per heavy atom. The lowest BCUT2D eigenvalue weighted by molar-refractivity contribution is 0.176. The summed E-state index contributed by atoms with van der Waals surface area (Å²) in [6.07, 6.45) is 7.21. The lowest BCUT2D eigenvalue weighted by atomic mass is 9.96. The largest absolute Gasteiger partial charge is 0.301 e. The molecule has 0 radical (unpaired) electrons. The second-order valence-corrected chi connectivity index (χ2v) is 7.16. The summed E-state index contributed by atoms with van der Waals surface area (Å²) in [5.74, 6) is 0. The van der Waals surface area contributed by atoms with E-state index in [4.69, 9.17) is 0 Å². The van der Waals surface area contributed by atoms with Gasteiger partial charge in [-0.2, -0.15) is 0 Å². The Bertz CT molecular complexity index is 226. The highest BCUT2D eigenvalue weighted by Gasteiger charge is 2.25. The van der Waals surface area contributed by atoms with Crippen LogP contribution >= 0.6 is 0 Å². The molecule has 0 atom stereocenters. The van der Waals surface area contributed by atoms with E-state index in [-0.39, 0.29) is 0 Å². The van der Waals surface area contributed by atoms with Crippen LogP contribution in [0.5, 0.6) is 0 Å². The smallest absolute Gasteiger partial charge is 0.0112 e. The van der Waals surface area contributed by atoms with Gasteiger partial charge in [0, 0.05) is 25.7 Å². The predicted octanol–water partition coefficient (Wildman–Crippen LogP) is 2.98. The summed E-state index contributed by atoms with van der Waals surface area (Å²) in [6, 6.07) is 0.921. The highest BCUT2D eigenvalue weighted by atomic mass is 15.2. The Hall–Kier alpha value is -0.0800. The fourth-order valence-electron chi connectivity index (χ4n) is 3.45. The standard InChI is InChI=1S/C15H30N2/c1-15(2,3)13-16-9-6-10-17(12-11-16)14-7-4-5-8-14/h14H,4-13H2,1-3H3. The molecule has 0 spiro atoms. The maximum atomic E-state index is 2.77. The molecular formula is C15H30N2. The summed E-state index contributed by atoms with van der Waals surface area (Å²) in [5, 5.41) is 0. The van der Waals surface area contributed by atoms with Crippen molar-refractivity contribution < 1.29 is 0 Å². The van der Waals surface area contributed by atoms with E-state index < -0.39 is 0 Å². The van der Waals surface area contributed by atoms with Gasteiger partial charge in [0.25, 0.3) is 0 Å². The third-order valence-electron chi connectivity index (χ3n) is 4.16. The van der Waals surface area contributed by atoms with Gasteiger partial charge in [-0.1, -0.05) is 33.6 Å².